The topological polar surface area (TPSA) is 94.6 Å². The first-order valence-electron chi connectivity index (χ1n) is 11.8. The minimum atomic E-state index is -0.503. The number of benzene rings is 3. The molecule has 0 saturated carbocycles. The highest BCUT2D eigenvalue weighted by molar-refractivity contribution is 6.00. The van der Waals surface area contributed by atoms with Gasteiger partial charge in [0.15, 0.2) is 0 Å². The highest BCUT2D eigenvalue weighted by Gasteiger charge is 2.25. The SMILES string of the molecule is CN(C)CCOc1ccc2c(c1)Cn1nc(-c3ccc(Oc4ccccc4)cc3)c(C(N)=O)c1CN2. The molecule has 8 heteroatoms. The van der Waals surface area contributed by atoms with E-state index in [0.717, 1.165) is 40.6 Å². The van der Waals surface area contributed by atoms with E-state index in [2.05, 4.69) is 10.2 Å². The average molecular weight is 484 g/mol. The molecule has 0 spiro atoms. The molecule has 0 unspecified atom stereocenters. The van der Waals surface area contributed by atoms with Crippen molar-refractivity contribution in [2.24, 2.45) is 5.73 Å². The maximum atomic E-state index is 12.5. The van der Waals surface area contributed by atoms with Gasteiger partial charge < -0.3 is 25.4 Å². The highest BCUT2D eigenvalue weighted by Crippen LogP contribution is 2.33. The number of anilines is 1. The van der Waals surface area contributed by atoms with E-state index in [9.17, 15) is 4.79 Å². The van der Waals surface area contributed by atoms with E-state index < -0.39 is 5.91 Å². The standard InChI is InChI=1S/C28H29N5O3/c1-32(2)14-15-35-23-12-13-24-20(16-23)18-33-25(17-30-24)26(28(29)34)27(31-33)19-8-10-22(11-9-19)36-21-6-4-3-5-7-21/h3-13,16,30H,14-15,17-18H2,1-2H3,(H2,29,34). The maximum absolute atomic E-state index is 12.5. The van der Waals surface area contributed by atoms with Crippen LogP contribution in [0.1, 0.15) is 21.6 Å². The summed E-state index contributed by atoms with van der Waals surface area (Å²) in [4.78, 5) is 14.6. The third-order valence-electron chi connectivity index (χ3n) is 6.06. The van der Waals surface area contributed by atoms with Crippen LogP contribution in [0.25, 0.3) is 11.3 Å². The number of primary amides is 1. The first kappa shape index (κ1) is 23.4. The molecule has 0 aliphatic carbocycles. The largest absolute Gasteiger partial charge is 0.492 e. The van der Waals surface area contributed by atoms with Crippen molar-refractivity contribution in [1.82, 2.24) is 14.7 Å². The Morgan fingerprint density at radius 3 is 2.47 bits per heavy atom. The summed E-state index contributed by atoms with van der Waals surface area (Å²) in [5.74, 6) is 1.75. The van der Waals surface area contributed by atoms with Crippen LogP contribution in [0, 0.1) is 0 Å². The fraction of sp³-hybridized carbons (Fsp3) is 0.214. The number of hydrogen-bond acceptors (Lipinski definition) is 6. The number of hydrogen-bond donors (Lipinski definition) is 2. The van der Waals surface area contributed by atoms with E-state index in [-0.39, 0.29) is 0 Å². The first-order valence-corrected chi connectivity index (χ1v) is 11.8. The quantitative estimate of drug-likeness (QED) is 0.387. The van der Waals surface area contributed by atoms with Crippen molar-refractivity contribution in [3.63, 3.8) is 0 Å². The van der Waals surface area contributed by atoms with Crippen molar-refractivity contribution in [3.05, 3.63) is 89.6 Å². The summed E-state index contributed by atoms with van der Waals surface area (Å²) < 4.78 is 13.7. The van der Waals surface area contributed by atoms with E-state index >= 15 is 0 Å². The van der Waals surface area contributed by atoms with Gasteiger partial charge in [-0.05, 0) is 68.7 Å². The molecule has 0 fully saturated rings. The molecule has 1 amide bonds. The number of fused-ring (bicyclic) bond motifs is 2. The molecule has 0 atom stereocenters. The van der Waals surface area contributed by atoms with Gasteiger partial charge in [-0.1, -0.05) is 18.2 Å². The van der Waals surface area contributed by atoms with Crippen molar-refractivity contribution in [2.75, 3.05) is 32.6 Å². The van der Waals surface area contributed by atoms with E-state index in [4.69, 9.17) is 20.3 Å². The summed E-state index contributed by atoms with van der Waals surface area (Å²) >= 11 is 0. The number of amides is 1. The van der Waals surface area contributed by atoms with Gasteiger partial charge in [-0.15, -0.1) is 0 Å². The minimum Gasteiger partial charge on any atom is -0.492 e. The number of ether oxygens (including phenoxy) is 2. The summed E-state index contributed by atoms with van der Waals surface area (Å²) in [6.45, 7) is 2.37. The van der Waals surface area contributed by atoms with Crippen molar-refractivity contribution in [3.8, 4) is 28.5 Å². The third-order valence-corrected chi connectivity index (χ3v) is 6.06. The molecule has 184 valence electrons. The molecule has 0 saturated heterocycles. The number of carbonyl (C=O) groups excluding carboxylic acids is 1. The number of rotatable bonds is 8. The molecule has 1 aliphatic heterocycles. The molecule has 36 heavy (non-hydrogen) atoms. The van der Waals surface area contributed by atoms with Gasteiger partial charge >= 0.3 is 0 Å². The normalized spacial score (nSPS) is 12.3. The number of nitrogens with zero attached hydrogens (tertiary/aromatic N) is 3. The van der Waals surface area contributed by atoms with E-state index in [1.807, 2.05) is 91.6 Å². The van der Waals surface area contributed by atoms with E-state index in [0.29, 0.717) is 36.7 Å². The van der Waals surface area contributed by atoms with Gasteiger partial charge in [0.25, 0.3) is 5.91 Å². The molecule has 0 radical (unpaired) electrons. The Bertz CT molecular complexity index is 1360. The van der Waals surface area contributed by atoms with Crippen LogP contribution in [0.4, 0.5) is 5.69 Å². The fourth-order valence-electron chi connectivity index (χ4n) is 4.22. The van der Waals surface area contributed by atoms with Crippen molar-refractivity contribution < 1.29 is 14.3 Å². The van der Waals surface area contributed by atoms with Crippen LogP contribution in [0.15, 0.2) is 72.8 Å². The molecule has 1 aliphatic rings. The highest BCUT2D eigenvalue weighted by atomic mass is 16.5. The number of nitrogens with one attached hydrogen (secondary N) is 1. The van der Waals surface area contributed by atoms with Crippen LogP contribution in [-0.2, 0) is 13.1 Å². The molecule has 0 bridgehead atoms. The number of likely N-dealkylation sites (N-methyl/N-ethyl adjacent to an activating group) is 1. The zero-order valence-electron chi connectivity index (χ0n) is 20.4. The zero-order chi connectivity index (χ0) is 25.1. The van der Waals surface area contributed by atoms with Gasteiger partial charge in [0.05, 0.1) is 24.3 Å². The first-order chi connectivity index (χ1) is 17.5. The molecule has 3 aromatic carbocycles. The Morgan fingerprint density at radius 1 is 1.03 bits per heavy atom. The van der Waals surface area contributed by atoms with Gasteiger partial charge in [0.2, 0.25) is 0 Å². The summed E-state index contributed by atoms with van der Waals surface area (Å²) in [5.41, 5.74) is 10.4. The lowest BCUT2D eigenvalue weighted by molar-refractivity contribution is 0.1000. The second kappa shape index (κ2) is 10.1. The molecule has 1 aromatic heterocycles. The summed E-state index contributed by atoms with van der Waals surface area (Å²) in [5, 5.41) is 8.24. The van der Waals surface area contributed by atoms with Crippen molar-refractivity contribution in [1.29, 1.82) is 0 Å². The van der Waals surface area contributed by atoms with Crippen molar-refractivity contribution >= 4 is 11.6 Å². The second-order valence-corrected chi connectivity index (χ2v) is 8.96. The molecular weight excluding hydrogens is 454 g/mol. The number of carbonyl (C=O) groups is 1. The van der Waals surface area contributed by atoms with Crippen LogP contribution < -0.4 is 20.5 Å². The van der Waals surface area contributed by atoms with Crippen LogP contribution in [0.5, 0.6) is 17.2 Å². The van der Waals surface area contributed by atoms with Crippen molar-refractivity contribution in [2.45, 2.75) is 13.1 Å². The van der Waals surface area contributed by atoms with Gasteiger partial charge in [-0.2, -0.15) is 5.10 Å². The Hall–Kier alpha value is -4.30. The second-order valence-electron chi connectivity index (χ2n) is 8.96. The lowest BCUT2D eigenvalue weighted by atomic mass is 10.0. The van der Waals surface area contributed by atoms with E-state index in [1.54, 1.807) is 0 Å². The maximum Gasteiger partial charge on any atom is 0.252 e. The van der Waals surface area contributed by atoms with Gasteiger partial charge in [-0.3, -0.25) is 9.48 Å². The third kappa shape index (κ3) is 5.04. The molecule has 5 rings (SSSR count). The predicted octanol–water partition coefficient (Wildman–Crippen LogP) is 4.36. The fourth-order valence-corrected chi connectivity index (χ4v) is 4.22. The number of nitrogens with two attached hydrogens (primary N) is 1. The van der Waals surface area contributed by atoms with Crippen LogP contribution in [0.3, 0.4) is 0 Å². The lowest BCUT2D eigenvalue weighted by Crippen LogP contribution is -2.19. The summed E-state index contributed by atoms with van der Waals surface area (Å²) in [6.07, 6.45) is 0. The van der Waals surface area contributed by atoms with E-state index in [1.165, 1.54) is 0 Å². The van der Waals surface area contributed by atoms with Gasteiger partial charge in [0, 0.05) is 23.4 Å². The Balaban J connectivity index is 1.42. The lowest BCUT2D eigenvalue weighted by Gasteiger charge is -2.13. The zero-order valence-corrected chi connectivity index (χ0v) is 20.4. The molecule has 3 N–H and O–H groups in total. The molecule has 4 aromatic rings. The predicted molar refractivity (Wildman–Crippen MR) is 140 cm³/mol. The summed E-state index contributed by atoms with van der Waals surface area (Å²) in [7, 11) is 4.03. The Morgan fingerprint density at radius 2 is 1.75 bits per heavy atom. The van der Waals surface area contributed by atoms with Gasteiger partial charge in [-0.25, -0.2) is 0 Å². The Kier molecular flexibility index (Phi) is 6.60. The minimum absolute atomic E-state index is 0.425. The molecule has 8 nitrogen and oxygen atoms in total. The van der Waals surface area contributed by atoms with Gasteiger partial charge in [0.1, 0.15) is 29.5 Å². The molecule has 2 heterocycles. The smallest absolute Gasteiger partial charge is 0.252 e. The molecular formula is C28H29N5O3. The number of para-hydroxylation sites is 1. The average Bonchev–Trinajstić information content (AvgIpc) is 3.13. The van der Waals surface area contributed by atoms with Crippen LogP contribution in [-0.4, -0.2) is 47.8 Å². The van der Waals surface area contributed by atoms with Crippen LogP contribution in [0.2, 0.25) is 0 Å². The van der Waals surface area contributed by atoms with Crippen LogP contribution >= 0.6 is 0 Å². The summed E-state index contributed by atoms with van der Waals surface area (Å²) in [6, 6.07) is 23.1. The Labute approximate surface area is 210 Å². The monoisotopic (exact) mass is 483 g/mol. The number of aromatic nitrogens is 2.